The van der Waals surface area contributed by atoms with Gasteiger partial charge >= 0.3 is 0 Å². The lowest BCUT2D eigenvalue weighted by Gasteiger charge is -2.19. The molecule has 0 aliphatic carbocycles. The van der Waals surface area contributed by atoms with Gasteiger partial charge in [-0.1, -0.05) is 11.6 Å². The van der Waals surface area contributed by atoms with Crippen molar-refractivity contribution in [3.8, 4) is 6.01 Å². The van der Waals surface area contributed by atoms with Crippen molar-refractivity contribution < 1.29 is 9.13 Å². The summed E-state index contributed by atoms with van der Waals surface area (Å²) in [5.74, 6) is -0.633. The number of fused-ring (bicyclic) bond motifs is 1. The maximum absolute atomic E-state index is 13.8. The van der Waals surface area contributed by atoms with E-state index in [1.54, 1.807) is 0 Å². The third-order valence-corrected chi connectivity index (χ3v) is 4.01. The summed E-state index contributed by atoms with van der Waals surface area (Å²) in [7, 11) is 2.03. The molecule has 7 heteroatoms. The van der Waals surface area contributed by atoms with Crippen molar-refractivity contribution in [2.75, 3.05) is 20.2 Å². The van der Waals surface area contributed by atoms with E-state index in [4.69, 9.17) is 16.3 Å². The van der Waals surface area contributed by atoms with Crippen LogP contribution in [0.15, 0.2) is 16.9 Å². The number of H-pyrrole nitrogens is 1. The highest BCUT2D eigenvalue weighted by Gasteiger charge is 2.22. The van der Waals surface area contributed by atoms with Crippen LogP contribution in [0.1, 0.15) is 12.8 Å². The first kappa shape index (κ1) is 14.3. The highest BCUT2D eigenvalue weighted by atomic mass is 35.5. The predicted molar refractivity (Wildman–Crippen MR) is 78.5 cm³/mol. The van der Waals surface area contributed by atoms with Crippen molar-refractivity contribution >= 4 is 22.5 Å². The van der Waals surface area contributed by atoms with Crippen molar-refractivity contribution in [1.29, 1.82) is 0 Å². The Morgan fingerprint density at radius 3 is 3.10 bits per heavy atom. The van der Waals surface area contributed by atoms with Crippen LogP contribution in [0.25, 0.3) is 10.9 Å². The average molecular weight is 312 g/mol. The summed E-state index contributed by atoms with van der Waals surface area (Å²) in [5.41, 5.74) is -0.492. The van der Waals surface area contributed by atoms with Crippen LogP contribution in [0.3, 0.4) is 0 Å². The van der Waals surface area contributed by atoms with E-state index in [1.165, 1.54) is 6.07 Å². The number of nitrogens with zero attached hydrogens (tertiary/aromatic N) is 2. The second-order valence-corrected chi connectivity index (χ2v) is 5.68. The highest BCUT2D eigenvalue weighted by Crippen LogP contribution is 2.20. The number of aromatic amines is 1. The van der Waals surface area contributed by atoms with Gasteiger partial charge in [0.1, 0.15) is 12.1 Å². The van der Waals surface area contributed by atoms with E-state index < -0.39 is 11.4 Å². The zero-order chi connectivity index (χ0) is 15.0. The lowest BCUT2D eigenvalue weighted by atomic mass is 10.2. The summed E-state index contributed by atoms with van der Waals surface area (Å²) in [6.07, 6.45) is 2.16. The number of rotatable bonds is 3. The minimum Gasteiger partial charge on any atom is -0.463 e. The van der Waals surface area contributed by atoms with E-state index in [9.17, 15) is 9.18 Å². The zero-order valence-corrected chi connectivity index (χ0v) is 12.3. The third kappa shape index (κ3) is 2.87. The van der Waals surface area contributed by atoms with Gasteiger partial charge in [-0.3, -0.25) is 9.78 Å². The van der Waals surface area contributed by atoms with Gasteiger partial charge in [-0.05, 0) is 38.6 Å². The van der Waals surface area contributed by atoms with Crippen molar-refractivity contribution in [2.45, 2.75) is 18.9 Å². The largest absolute Gasteiger partial charge is 0.463 e. The van der Waals surface area contributed by atoms with Crippen LogP contribution in [-0.4, -0.2) is 41.1 Å². The molecular weight excluding hydrogens is 297 g/mol. The second kappa shape index (κ2) is 5.61. The maximum Gasteiger partial charge on any atom is 0.297 e. The van der Waals surface area contributed by atoms with E-state index >= 15 is 0 Å². The number of nitrogens with one attached hydrogen (secondary N) is 1. The highest BCUT2D eigenvalue weighted by molar-refractivity contribution is 6.31. The summed E-state index contributed by atoms with van der Waals surface area (Å²) in [6.45, 7) is 1.45. The van der Waals surface area contributed by atoms with Gasteiger partial charge < -0.3 is 9.64 Å². The van der Waals surface area contributed by atoms with Gasteiger partial charge in [0.05, 0.1) is 5.39 Å². The molecule has 0 radical (unpaired) electrons. The monoisotopic (exact) mass is 311 g/mol. The summed E-state index contributed by atoms with van der Waals surface area (Å²) >= 11 is 5.74. The number of aromatic nitrogens is 2. The Kier molecular flexibility index (Phi) is 3.82. The van der Waals surface area contributed by atoms with E-state index in [0.717, 1.165) is 25.5 Å². The number of likely N-dealkylation sites (tertiary alicyclic amines) is 1. The number of ether oxygens (including phenoxy) is 1. The van der Waals surface area contributed by atoms with Gasteiger partial charge in [-0.25, -0.2) is 4.39 Å². The summed E-state index contributed by atoms with van der Waals surface area (Å²) in [5, 5.41) is 0.277. The molecular formula is C14H15ClFN3O2. The molecule has 1 aromatic heterocycles. The third-order valence-electron chi connectivity index (χ3n) is 3.79. The molecule has 0 amide bonds. The molecule has 0 unspecified atom stereocenters. The molecule has 112 valence electrons. The molecule has 1 saturated heterocycles. The summed E-state index contributed by atoms with van der Waals surface area (Å²) in [4.78, 5) is 20.7. The van der Waals surface area contributed by atoms with Crippen molar-refractivity contribution in [3.63, 3.8) is 0 Å². The predicted octanol–water partition coefficient (Wildman–Crippen LogP) is 2.19. The van der Waals surface area contributed by atoms with E-state index in [2.05, 4.69) is 14.9 Å². The standard InChI is InChI=1S/C14H15ClFN3O2/c1-19-4-2-3-9(19)7-21-14-17-12-10(13(20)18-14)5-8(15)6-11(12)16/h5-6,9H,2-4,7H2,1H3,(H,17,18,20)/t9-/m0/s1. The lowest BCUT2D eigenvalue weighted by molar-refractivity contribution is 0.188. The number of likely N-dealkylation sites (N-methyl/N-ethyl adjacent to an activating group) is 1. The Morgan fingerprint density at radius 2 is 2.38 bits per heavy atom. The van der Waals surface area contributed by atoms with Gasteiger partial charge in [0.2, 0.25) is 0 Å². The maximum atomic E-state index is 13.8. The molecule has 1 aliphatic heterocycles. The molecule has 1 aliphatic rings. The zero-order valence-electron chi connectivity index (χ0n) is 11.5. The van der Waals surface area contributed by atoms with Crippen molar-refractivity contribution in [3.05, 3.63) is 33.3 Å². The molecule has 0 bridgehead atoms. The second-order valence-electron chi connectivity index (χ2n) is 5.24. The minimum absolute atomic E-state index is 0.0297. The van der Waals surface area contributed by atoms with Crippen LogP contribution in [-0.2, 0) is 0 Å². The van der Waals surface area contributed by atoms with Crippen LogP contribution in [0.4, 0.5) is 4.39 Å². The molecule has 21 heavy (non-hydrogen) atoms. The normalized spacial score (nSPS) is 19.3. The van der Waals surface area contributed by atoms with Crippen molar-refractivity contribution in [2.24, 2.45) is 0 Å². The number of hydrogen-bond donors (Lipinski definition) is 1. The Labute approximate surface area is 125 Å². The first-order valence-corrected chi connectivity index (χ1v) is 7.14. The van der Waals surface area contributed by atoms with Crippen LogP contribution < -0.4 is 10.3 Å². The fourth-order valence-electron chi connectivity index (χ4n) is 2.58. The Bertz CT molecular complexity index is 734. The molecule has 1 aromatic carbocycles. The number of hydrogen-bond acceptors (Lipinski definition) is 4. The smallest absolute Gasteiger partial charge is 0.297 e. The molecule has 1 fully saturated rings. The molecule has 2 aromatic rings. The fraction of sp³-hybridized carbons (Fsp3) is 0.429. The SMILES string of the molecule is CN1CCC[C@H]1COc1nc2c(F)cc(Cl)cc2c(=O)[nH]1. The van der Waals surface area contributed by atoms with Gasteiger partial charge in [0.15, 0.2) is 5.82 Å². The lowest BCUT2D eigenvalue weighted by Crippen LogP contribution is -2.31. The molecule has 5 nitrogen and oxygen atoms in total. The van der Waals surface area contributed by atoms with E-state index in [1.807, 2.05) is 7.05 Å². The molecule has 3 rings (SSSR count). The molecule has 0 spiro atoms. The Balaban J connectivity index is 1.88. The molecule has 1 N–H and O–H groups in total. The molecule has 0 saturated carbocycles. The molecule has 2 heterocycles. The van der Waals surface area contributed by atoms with Gasteiger partial charge in [-0.15, -0.1) is 0 Å². The topological polar surface area (TPSA) is 58.2 Å². The van der Waals surface area contributed by atoms with E-state index in [-0.39, 0.29) is 21.9 Å². The van der Waals surface area contributed by atoms with Crippen LogP contribution in [0, 0.1) is 5.82 Å². The summed E-state index contributed by atoms with van der Waals surface area (Å²) < 4.78 is 19.4. The number of halogens is 2. The van der Waals surface area contributed by atoms with E-state index in [0.29, 0.717) is 12.6 Å². The minimum atomic E-state index is -0.633. The fourth-order valence-corrected chi connectivity index (χ4v) is 2.78. The quantitative estimate of drug-likeness (QED) is 0.944. The molecule has 1 atom stereocenters. The first-order valence-electron chi connectivity index (χ1n) is 6.76. The van der Waals surface area contributed by atoms with Crippen LogP contribution in [0.5, 0.6) is 6.01 Å². The number of benzene rings is 1. The average Bonchev–Trinajstić information content (AvgIpc) is 2.83. The van der Waals surface area contributed by atoms with Gasteiger partial charge in [0.25, 0.3) is 11.6 Å². The Hall–Kier alpha value is -1.66. The van der Waals surface area contributed by atoms with Crippen LogP contribution >= 0.6 is 11.6 Å². The van der Waals surface area contributed by atoms with Crippen LogP contribution in [0.2, 0.25) is 5.02 Å². The summed E-state index contributed by atoms with van der Waals surface area (Å²) in [6, 6.07) is 2.85. The van der Waals surface area contributed by atoms with Crippen molar-refractivity contribution in [1.82, 2.24) is 14.9 Å². The van der Waals surface area contributed by atoms with Gasteiger partial charge in [-0.2, -0.15) is 4.98 Å². The Morgan fingerprint density at radius 1 is 1.57 bits per heavy atom. The first-order chi connectivity index (χ1) is 10.0. The van der Waals surface area contributed by atoms with Gasteiger partial charge in [0, 0.05) is 11.1 Å².